The molecule has 0 amide bonds. The minimum Gasteiger partial charge on any atom is -0.312 e. The van der Waals surface area contributed by atoms with Gasteiger partial charge in [-0.1, -0.05) is 42.1 Å². The Labute approximate surface area is 124 Å². The third-order valence-electron chi connectivity index (χ3n) is 3.75. The Morgan fingerprint density at radius 1 is 1.26 bits per heavy atom. The van der Waals surface area contributed by atoms with Crippen molar-refractivity contribution >= 4 is 23.2 Å². The second-order valence-corrected chi connectivity index (χ2v) is 5.91. The first kappa shape index (κ1) is 14.7. The minimum absolute atomic E-state index is 0.162. The van der Waals surface area contributed by atoms with Crippen LogP contribution in [0.25, 0.3) is 0 Å². The number of benzene rings is 1. The van der Waals surface area contributed by atoms with Crippen molar-refractivity contribution in [2.75, 3.05) is 6.54 Å². The van der Waals surface area contributed by atoms with E-state index in [4.69, 9.17) is 28.5 Å². The van der Waals surface area contributed by atoms with E-state index in [1.54, 1.807) is 6.07 Å². The predicted octanol–water partition coefficient (Wildman–Crippen LogP) is 4.21. The molecule has 1 N–H and O–H groups in total. The lowest BCUT2D eigenvalue weighted by Crippen LogP contribution is -2.38. The van der Waals surface area contributed by atoms with Crippen LogP contribution in [0, 0.1) is 17.2 Å². The van der Waals surface area contributed by atoms with E-state index in [0.717, 1.165) is 36.4 Å². The lowest BCUT2D eigenvalue weighted by atomic mass is 9.85. The van der Waals surface area contributed by atoms with E-state index in [9.17, 15) is 0 Å². The number of halogens is 2. The topological polar surface area (TPSA) is 35.8 Å². The Bertz CT molecular complexity index is 468. The zero-order chi connectivity index (χ0) is 13.7. The highest BCUT2D eigenvalue weighted by atomic mass is 35.5. The molecular weight excluding hydrogens is 279 g/mol. The molecule has 0 heterocycles. The molecule has 1 aliphatic carbocycles. The van der Waals surface area contributed by atoms with Gasteiger partial charge in [-0.25, -0.2) is 0 Å². The summed E-state index contributed by atoms with van der Waals surface area (Å²) in [4.78, 5) is 0. The molecule has 1 aromatic rings. The van der Waals surface area contributed by atoms with Gasteiger partial charge in [-0.3, -0.25) is 0 Å². The first-order chi connectivity index (χ1) is 9.20. The van der Waals surface area contributed by atoms with Crippen LogP contribution in [0.2, 0.25) is 10.0 Å². The van der Waals surface area contributed by atoms with Gasteiger partial charge in [0.05, 0.1) is 12.0 Å². The molecule has 1 aromatic carbocycles. The highest BCUT2D eigenvalue weighted by Crippen LogP contribution is 2.24. The molecule has 2 unspecified atom stereocenters. The van der Waals surface area contributed by atoms with Gasteiger partial charge in [-0.05, 0) is 43.5 Å². The van der Waals surface area contributed by atoms with Crippen LogP contribution in [0.15, 0.2) is 18.2 Å². The zero-order valence-electron chi connectivity index (χ0n) is 10.8. The largest absolute Gasteiger partial charge is 0.312 e. The van der Waals surface area contributed by atoms with Gasteiger partial charge >= 0.3 is 0 Å². The molecule has 0 aromatic heterocycles. The zero-order valence-corrected chi connectivity index (χ0v) is 12.3. The van der Waals surface area contributed by atoms with Crippen molar-refractivity contribution in [3.8, 4) is 6.07 Å². The van der Waals surface area contributed by atoms with Crippen LogP contribution in [0.1, 0.15) is 31.2 Å². The van der Waals surface area contributed by atoms with Crippen LogP contribution in [0.4, 0.5) is 0 Å². The summed E-state index contributed by atoms with van der Waals surface area (Å²) in [6.45, 7) is 0.851. The fourth-order valence-electron chi connectivity index (χ4n) is 2.65. The molecule has 0 saturated heterocycles. The molecular formula is C15H18Cl2N2. The Morgan fingerprint density at radius 3 is 2.79 bits per heavy atom. The van der Waals surface area contributed by atoms with Crippen LogP contribution in [0.5, 0.6) is 0 Å². The molecule has 0 spiro atoms. The summed E-state index contributed by atoms with van der Waals surface area (Å²) >= 11 is 12.0. The Hall–Kier alpha value is -0.750. The van der Waals surface area contributed by atoms with Gasteiger partial charge in [0, 0.05) is 16.1 Å². The maximum atomic E-state index is 9.13. The highest BCUT2D eigenvalue weighted by molar-refractivity contribution is 6.35. The standard InChI is InChI=1S/C15H18Cl2N2/c16-13-6-5-11(14(17)9-13)7-8-19-15-4-2-1-3-12(15)10-18/h5-6,9,12,15,19H,1-4,7-8H2. The lowest BCUT2D eigenvalue weighted by molar-refractivity contribution is 0.314. The molecule has 0 radical (unpaired) electrons. The van der Waals surface area contributed by atoms with E-state index in [-0.39, 0.29) is 5.92 Å². The number of hydrogen-bond acceptors (Lipinski definition) is 2. The van der Waals surface area contributed by atoms with Crippen LogP contribution < -0.4 is 5.32 Å². The summed E-state index contributed by atoms with van der Waals surface area (Å²) in [6, 6.07) is 8.36. The van der Waals surface area contributed by atoms with Crippen molar-refractivity contribution in [2.24, 2.45) is 5.92 Å². The van der Waals surface area contributed by atoms with E-state index in [2.05, 4.69) is 11.4 Å². The fraction of sp³-hybridized carbons (Fsp3) is 0.533. The second-order valence-electron chi connectivity index (χ2n) is 5.07. The summed E-state index contributed by atoms with van der Waals surface area (Å²) in [6.07, 6.45) is 5.39. The normalized spacial score (nSPS) is 23.0. The van der Waals surface area contributed by atoms with Gasteiger partial charge in [-0.2, -0.15) is 5.26 Å². The van der Waals surface area contributed by atoms with Gasteiger partial charge < -0.3 is 5.32 Å². The summed E-state index contributed by atoms with van der Waals surface area (Å²) in [5, 5.41) is 14.0. The second kappa shape index (κ2) is 7.14. The smallest absolute Gasteiger partial charge is 0.0672 e. The van der Waals surface area contributed by atoms with Gasteiger partial charge in [0.2, 0.25) is 0 Å². The Morgan fingerprint density at radius 2 is 2.05 bits per heavy atom. The van der Waals surface area contributed by atoms with E-state index in [0.29, 0.717) is 11.1 Å². The van der Waals surface area contributed by atoms with Crippen molar-refractivity contribution in [3.63, 3.8) is 0 Å². The molecule has 1 aliphatic rings. The van der Waals surface area contributed by atoms with E-state index in [1.165, 1.54) is 12.8 Å². The highest BCUT2D eigenvalue weighted by Gasteiger charge is 2.23. The average molecular weight is 297 g/mol. The maximum Gasteiger partial charge on any atom is 0.0672 e. The summed E-state index contributed by atoms with van der Waals surface area (Å²) in [7, 11) is 0. The van der Waals surface area contributed by atoms with E-state index < -0.39 is 0 Å². The summed E-state index contributed by atoms with van der Waals surface area (Å²) < 4.78 is 0. The van der Waals surface area contributed by atoms with Crippen LogP contribution >= 0.6 is 23.2 Å². The average Bonchev–Trinajstić information content (AvgIpc) is 2.42. The van der Waals surface area contributed by atoms with Crippen LogP contribution in [0.3, 0.4) is 0 Å². The quantitative estimate of drug-likeness (QED) is 0.903. The molecule has 1 saturated carbocycles. The first-order valence-electron chi connectivity index (χ1n) is 6.77. The molecule has 102 valence electrons. The van der Waals surface area contributed by atoms with Gasteiger partial charge in [0.25, 0.3) is 0 Å². The molecule has 1 fully saturated rings. The number of nitrogens with one attached hydrogen (secondary N) is 1. The maximum absolute atomic E-state index is 9.13. The lowest BCUT2D eigenvalue weighted by Gasteiger charge is -2.27. The monoisotopic (exact) mass is 296 g/mol. The van der Waals surface area contributed by atoms with Crippen molar-refractivity contribution in [2.45, 2.75) is 38.1 Å². The van der Waals surface area contributed by atoms with Crippen LogP contribution in [-0.2, 0) is 6.42 Å². The Kier molecular flexibility index (Phi) is 5.51. The minimum atomic E-state index is 0.162. The molecule has 2 rings (SSSR count). The van der Waals surface area contributed by atoms with Gasteiger partial charge in [0.15, 0.2) is 0 Å². The van der Waals surface area contributed by atoms with Gasteiger partial charge in [-0.15, -0.1) is 0 Å². The SMILES string of the molecule is N#CC1CCCCC1NCCc1ccc(Cl)cc1Cl. The van der Waals surface area contributed by atoms with E-state index in [1.807, 2.05) is 12.1 Å². The first-order valence-corrected chi connectivity index (χ1v) is 7.53. The molecule has 4 heteroatoms. The van der Waals surface area contributed by atoms with Crippen LogP contribution in [-0.4, -0.2) is 12.6 Å². The molecule has 2 nitrogen and oxygen atoms in total. The fourth-order valence-corrected chi connectivity index (χ4v) is 3.15. The van der Waals surface area contributed by atoms with Crippen molar-refractivity contribution in [3.05, 3.63) is 33.8 Å². The molecule has 19 heavy (non-hydrogen) atoms. The summed E-state index contributed by atoms with van der Waals surface area (Å²) in [5.74, 6) is 0.162. The third-order valence-corrected chi connectivity index (χ3v) is 4.33. The van der Waals surface area contributed by atoms with Crippen molar-refractivity contribution in [1.82, 2.24) is 5.32 Å². The van der Waals surface area contributed by atoms with Crippen molar-refractivity contribution in [1.29, 1.82) is 5.26 Å². The predicted molar refractivity (Wildman–Crippen MR) is 79.5 cm³/mol. The van der Waals surface area contributed by atoms with Gasteiger partial charge in [0.1, 0.15) is 0 Å². The van der Waals surface area contributed by atoms with Crippen molar-refractivity contribution < 1.29 is 0 Å². The third kappa shape index (κ3) is 4.11. The molecule has 0 aliphatic heterocycles. The Balaban J connectivity index is 1.84. The van der Waals surface area contributed by atoms with E-state index >= 15 is 0 Å². The number of rotatable bonds is 4. The summed E-state index contributed by atoms with van der Waals surface area (Å²) in [5.41, 5.74) is 1.10. The molecule has 2 atom stereocenters. The molecule has 0 bridgehead atoms. The number of hydrogen-bond donors (Lipinski definition) is 1. The number of nitrogens with zero attached hydrogens (tertiary/aromatic N) is 1. The number of nitriles is 1.